The highest BCUT2D eigenvalue weighted by Gasteiger charge is 2.27. The number of ether oxygens (including phenoxy) is 1. The highest BCUT2D eigenvalue weighted by Crippen LogP contribution is 2.24. The van der Waals surface area contributed by atoms with Crippen LogP contribution in [0.4, 0.5) is 11.4 Å². The number of amides is 1. The number of hydrogen-bond acceptors (Lipinski definition) is 5. The summed E-state index contributed by atoms with van der Waals surface area (Å²) in [6, 6.07) is 21.8. The van der Waals surface area contributed by atoms with Crippen molar-refractivity contribution in [2.45, 2.75) is 13.0 Å². The van der Waals surface area contributed by atoms with Crippen molar-refractivity contribution < 1.29 is 22.7 Å². The van der Waals surface area contributed by atoms with Crippen molar-refractivity contribution in [2.75, 3.05) is 16.3 Å². The lowest BCUT2D eigenvalue weighted by molar-refractivity contribution is -0.125. The Hall–Kier alpha value is -3.65. The zero-order valence-corrected chi connectivity index (χ0v) is 17.8. The lowest BCUT2D eigenvalue weighted by atomic mass is 10.1. The fourth-order valence-corrected chi connectivity index (χ4v) is 3.44. The topological polar surface area (TPSA) is 102 Å². The van der Waals surface area contributed by atoms with Crippen LogP contribution in [0.25, 0.3) is 0 Å². The van der Waals surface area contributed by atoms with Crippen LogP contribution in [0.1, 0.15) is 27.6 Å². The van der Waals surface area contributed by atoms with E-state index in [0.717, 1.165) is 11.8 Å². The molecule has 0 radical (unpaired) electrons. The molecular weight excluding hydrogens is 416 g/mol. The average molecular weight is 439 g/mol. The summed E-state index contributed by atoms with van der Waals surface area (Å²) in [6.07, 6.45) is -0.252. The van der Waals surface area contributed by atoms with Gasteiger partial charge in [0.1, 0.15) is 0 Å². The first-order chi connectivity index (χ1) is 14.7. The Labute approximate surface area is 181 Å². The predicted molar refractivity (Wildman–Crippen MR) is 119 cm³/mol. The van der Waals surface area contributed by atoms with Gasteiger partial charge >= 0.3 is 5.97 Å². The molecule has 0 saturated carbocycles. The van der Waals surface area contributed by atoms with Gasteiger partial charge in [-0.3, -0.25) is 9.52 Å². The normalized spacial score (nSPS) is 11.9. The molecule has 0 heterocycles. The van der Waals surface area contributed by atoms with Gasteiger partial charge in [0, 0.05) is 11.3 Å². The average Bonchev–Trinajstić information content (AvgIpc) is 2.73. The molecule has 160 valence electrons. The van der Waals surface area contributed by atoms with Crippen molar-refractivity contribution in [1.29, 1.82) is 0 Å². The third kappa shape index (κ3) is 6.16. The van der Waals surface area contributed by atoms with Gasteiger partial charge in [0.05, 0.1) is 17.5 Å². The van der Waals surface area contributed by atoms with Crippen LogP contribution in [0.5, 0.6) is 0 Å². The number of nitrogens with one attached hydrogen (secondary N) is 2. The molecule has 0 fully saturated rings. The Morgan fingerprint density at radius 3 is 2.13 bits per heavy atom. The van der Waals surface area contributed by atoms with E-state index in [1.165, 1.54) is 12.1 Å². The van der Waals surface area contributed by atoms with Crippen molar-refractivity contribution in [3.8, 4) is 0 Å². The first-order valence-electron chi connectivity index (χ1n) is 9.43. The number of aryl methyl sites for hydroxylation is 1. The smallest absolute Gasteiger partial charge is 0.341 e. The summed E-state index contributed by atoms with van der Waals surface area (Å²) in [5, 5.41) is 2.75. The third-order valence-electron chi connectivity index (χ3n) is 4.33. The molecule has 3 aromatic carbocycles. The Morgan fingerprint density at radius 1 is 0.871 bits per heavy atom. The Morgan fingerprint density at radius 2 is 1.48 bits per heavy atom. The highest BCUT2D eigenvalue weighted by atomic mass is 32.2. The molecule has 3 rings (SSSR count). The molecule has 0 aromatic heterocycles. The van der Waals surface area contributed by atoms with Crippen molar-refractivity contribution in [3.63, 3.8) is 0 Å². The van der Waals surface area contributed by atoms with Crippen LogP contribution in [0.2, 0.25) is 0 Å². The van der Waals surface area contributed by atoms with Gasteiger partial charge in [0.15, 0.2) is 0 Å². The van der Waals surface area contributed by atoms with Gasteiger partial charge in [-0.25, -0.2) is 13.2 Å². The van der Waals surface area contributed by atoms with E-state index in [2.05, 4.69) is 10.0 Å². The van der Waals surface area contributed by atoms with E-state index in [1.807, 2.05) is 19.1 Å². The fraction of sp³-hybridized carbons (Fsp3) is 0.130. The number of benzene rings is 3. The zero-order valence-electron chi connectivity index (χ0n) is 17.0. The summed E-state index contributed by atoms with van der Waals surface area (Å²) in [7, 11) is -3.61. The first kappa shape index (κ1) is 22.0. The molecule has 0 aliphatic carbocycles. The van der Waals surface area contributed by atoms with E-state index in [0.29, 0.717) is 11.3 Å². The summed E-state index contributed by atoms with van der Waals surface area (Å²) < 4.78 is 31.1. The molecule has 1 amide bonds. The summed E-state index contributed by atoms with van der Waals surface area (Å²) in [5.41, 5.74) is 2.15. The van der Waals surface area contributed by atoms with Gasteiger partial charge < -0.3 is 10.1 Å². The van der Waals surface area contributed by atoms with Crippen LogP contribution >= 0.6 is 0 Å². The van der Waals surface area contributed by atoms with E-state index in [9.17, 15) is 18.0 Å². The van der Waals surface area contributed by atoms with Crippen LogP contribution < -0.4 is 10.0 Å². The molecule has 8 heteroatoms. The summed E-state index contributed by atoms with van der Waals surface area (Å²) >= 11 is 0. The van der Waals surface area contributed by atoms with Crippen molar-refractivity contribution in [1.82, 2.24) is 0 Å². The minimum atomic E-state index is -3.61. The molecular formula is C23H22N2O5S. The van der Waals surface area contributed by atoms with Gasteiger partial charge in [-0.05, 0) is 31.2 Å². The Kier molecular flexibility index (Phi) is 6.71. The van der Waals surface area contributed by atoms with E-state index in [-0.39, 0.29) is 11.3 Å². The third-order valence-corrected chi connectivity index (χ3v) is 4.92. The van der Waals surface area contributed by atoms with Crippen LogP contribution in [0, 0.1) is 6.92 Å². The van der Waals surface area contributed by atoms with Gasteiger partial charge in [0.2, 0.25) is 16.1 Å². The second-order valence-corrected chi connectivity index (χ2v) is 8.72. The zero-order chi connectivity index (χ0) is 22.4. The SMILES string of the molecule is Cc1ccc(NC(=O)C(OC(=O)c2ccccc2NS(C)(=O)=O)c2ccccc2)cc1. The minimum absolute atomic E-state index is 0.00279. The lowest BCUT2D eigenvalue weighted by Gasteiger charge is -2.19. The molecule has 0 bridgehead atoms. The van der Waals surface area contributed by atoms with Gasteiger partial charge in [-0.1, -0.05) is 60.2 Å². The Balaban J connectivity index is 1.88. The summed E-state index contributed by atoms with van der Waals surface area (Å²) in [4.78, 5) is 25.9. The fourth-order valence-electron chi connectivity index (χ4n) is 2.87. The standard InChI is InChI=1S/C23H22N2O5S/c1-16-12-14-18(15-13-16)24-22(26)21(17-8-4-3-5-9-17)30-23(27)19-10-6-7-11-20(19)25-31(2,28)29/h3-15,21,25H,1-2H3,(H,24,26). The maximum absolute atomic E-state index is 13.0. The highest BCUT2D eigenvalue weighted by molar-refractivity contribution is 7.92. The van der Waals surface area contributed by atoms with Crippen LogP contribution in [0.3, 0.4) is 0 Å². The summed E-state index contributed by atoms with van der Waals surface area (Å²) in [5.74, 6) is -1.36. The maximum Gasteiger partial charge on any atom is 0.341 e. The number of sulfonamides is 1. The van der Waals surface area contributed by atoms with E-state index in [1.54, 1.807) is 54.6 Å². The second kappa shape index (κ2) is 9.44. The molecule has 1 unspecified atom stereocenters. The van der Waals surface area contributed by atoms with Crippen LogP contribution in [0.15, 0.2) is 78.9 Å². The number of hydrogen-bond donors (Lipinski definition) is 2. The summed E-state index contributed by atoms with van der Waals surface area (Å²) in [6.45, 7) is 1.93. The molecule has 2 N–H and O–H groups in total. The van der Waals surface area contributed by atoms with E-state index >= 15 is 0 Å². The molecule has 1 atom stereocenters. The first-order valence-corrected chi connectivity index (χ1v) is 11.3. The molecule has 0 aliphatic heterocycles. The largest absolute Gasteiger partial charge is 0.444 e. The number of rotatable bonds is 7. The molecule has 3 aromatic rings. The monoisotopic (exact) mass is 438 g/mol. The van der Waals surface area contributed by atoms with Gasteiger partial charge in [-0.2, -0.15) is 0 Å². The van der Waals surface area contributed by atoms with Gasteiger partial charge in [0.25, 0.3) is 5.91 Å². The number of esters is 1. The van der Waals surface area contributed by atoms with Gasteiger partial charge in [-0.15, -0.1) is 0 Å². The molecule has 0 aliphatic rings. The number of anilines is 2. The second-order valence-electron chi connectivity index (χ2n) is 6.97. The number of para-hydroxylation sites is 1. The van der Waals surface area contributed by atoms with Crippen molar-refractivity contribution in [2.24, 2.45) is 0 Å². The maximum atomic E-state index is 13.0. The van der Waals surface area contributed by atoms with E-state index in [4.69, 9.17) is 4.74 Å². The minimum Gasteiger partial charge on any atom is -0.444 e. The van der Waals surface area contributed by atoms with Crippen LogP contribution in [-0.4, -0.2) is 26.6 Å². The lowest BCUT2D eigenvalue weighted by Crippen LogP contribution is -2.26. The molecule has 0 saturated heterocycles. The van der Waals surface area contributed by atoms with E-state index < -0.39 is 28.0 Å². The van der Waals surface area contributed by atoms with Crippen LogP contribution in [-0.2, 0) is 19.6 Å². The number of carbonyl (C=O) groups is 2. The molecule has 7 nitrogen and oxygen atoms in total. The molecule has 0 spiro atoms. The quantitative estimate of drug-likeness (QED) is 0.545. The van der Waals surface area contributed by atoms with Crippen molar-refractivity contribution >= 4 is 33.3 Å². The molecule has 31 heavy (non-hydrogen) atoms. The number of carbonyl (C=O) groups excluding carboxylic acids is 2. The predicted octanol–water partition coefficient (Wildman–Crippen LogP) is 3.90. The Bertz CT molecular complexity index is 1180. The van der Waals surface area contributed by atoms with Crippen molar-refractivity contribution in [3.05, 3.63) is 95.6 Å².